The minimum absolute atomic E-state index is 0.0705. The van der Waals surface area contributed by atoms with E-state index in [-0.39, 0.29) is 46.9 Å². The van der Waals surface area contributed by atoms with Gasteiger partial charge in [0.1, 0.15) is 24.6 Å². The van der Waals surface area contributed by atoms with Gasteiger partial charge in [0, 0.05) is 22.5 Å². The van der Waals surface area contributed by atoms with E-state index < -0.39 is 116 Å². The van der Waals surface area contributed by atoms with E-state index in [1.807, 2.05) is 39.9 Å². The van der Waals surface area contributed by atoms with Crippen LogP contribution >= 0.6 is 16.1 Å². The van der Waals surface area contributed by atoms with Crippen LogP contribution < -0.4 is 16.2 Å². The summed E-state index contributed by atoms with van der Waals surface area (Å²) in [4.78, 5) is 72.8. The van der Waals surface area contributed by atoms with E-state index in [1.165, 1.54) is 28.1 Å². The van der Waals surface area contributed by atoms with Gasteiger partial charge in [-0.1, -0.05) is 52.8 Å². The maximum absolute atomic E-state index is 15.0. The molecule has 5 N–H and O–H groups in total. The Balaban J connectivity index is 1.20. The molecule has 1 aromatic carbocycles. The number of aliphatic hydroxyl groups is 1. The Hall–Kier alpha value is -5.26. The molecule has 5 aromatic rings. The van der Waals surface area contributed by atoms with Crippen LogP contribution in [0.2, 0.25) is 18.1 Å². The quantitative estimate of drug-likeness (QED) is 0.0419. The average Bonchev–Trinajstić information content (AvgIpc) is 4.07. The van der Waals surface area contributed by atoms with Gasteiger partial charge in [0.15, 0.2) is 55.0 Å². The van der Waals surface area contributed by atoms with Crippen LogP contribution in [0.15, 0.2) is 54.1 Å². The molecule has 0 saturated carbocycles. The van der Waals surface area contributed by atoms with E-state index >= 15 is 4.57 Å². The number of aromatic amines is 1. The van der Waals surface area contributed by atoms with Gasteiger partial charge in [-0.2, -0.15) is 10.2 Å². The molecule has 2 saturated heterocycles. The van der Waals surface area contributed by atoms with Crippen molar-refractivity contribution in [1.29, 1.82) is 5.26 Å². The van der Waals surface area contributed by atoms with Gasteiger partial charge in [0.2, 0.25) is 11.9 Å². The molecule has 0 spiro atoms. The Morgan fingerprint density at radius 1 is 1.03 bits per heavy atom. The molecule has 9 atom stereocenters. The summed E-state index contributed by atoms with van der Waals surface area (Å²) in [5, 5.41) is 25.0. The number of imidazole rings is 2. The normalized spacial score (nSPS) is 23.2. The molecule has 364 valence electrons. The third-order valence-electron chi connectivity index (χ3n) is 11.6. The number of amides is 2. The fourth-order valence-electron chi connectivity index (χ4n) is 7.09. The lowest BCUT2D eigenvalue weighted by molar-refractivity contribution is -0.118. The number of nitrogens with zero attached hydrogens (tertiary/aromatic N) is 8. The van der Waals surface area contributed by atoms with Crippen molar-refractivity contribution in [3.05, 3.63) is 65.2 Å². The molecule has 0 radical (unpaired) electrons. The van der Waals surface area contributed by atoms with Gasteiger partial charge >= 0.3 is 16.1 Å². The maximum Gasteiger partial charge on any atom is 0.695 e. The lowest BCUT2D eigenvalue weighted by Crippen LogP contribution is -2.50. The monoisotopic (exact) mass is 1000 g/mol. The van der Waals surface area contributed by atoms with Crippen molar-refractivity contribution >= 4 is 70.3 Å². The molecule has 2 aliphatic rings. The average molecular weight is 1000 g/mol. The molecule has 6 heterocycles. The Morgan fingerprint density at radius 3 is 2.40 bits per heavy atom. The van der Waals surface area contributed by atoms with Crippen molar-refractivity contribution in [2.75, 3.05) is 30.5 Å². The van der Waals surface area contributed by atoms with E-state index in [0.29, 0.717) is 5.56 Å². The van der Waals surface area contributed by atoms with Crippen LogP contribution in [0.1, 0.15) is 70.3 Å². The Labute approximate surface area is 390 Å². The largest absolute Gasteiger partial charge is 0.695 e. The van der Waals surface area contributed by atoms with E-state index in [9.17, 15) is 34.2 Å². The number of nitrogens with one attached hydrogen (secondary N) is 3. The van der Waals surface area contributed by atoms with Crippen LogP contribution in [0.3, 0.4) is 0 Å². The summed E-state index contributed by atoms with van der Waals surface area (Å²) >= 11 is 0. The number of carbonyl (C=O) groups excluding carboxylic acids is 2. The van der Waals surface area contributed by atoms with E-state index in [4.69, 9.17) is 32.0 Å². The van der Waals surface area contributed by atoms with Gasteiger partial charge in [0.25, 0.3) is 11.5 Å². The smallest absolute Gasteiger partial charge is 0.408 e. The predicted octanol–water partition coefficient (Wildman–Crippen LogP) is 4.85. The molecule has 0 bridgehead atoms. The van der Waals surface area contributed by atoms with Gasteiger partial charge in [0.05, 0.1) is 51.1 Å². The first-order valence-corrected chi connectivity index (χ1v) is 26.9. The van der Waals surface area contributed by atoms with E-state index in [1.54, 1.807) is 44.2 Å². The minimum atomic E-state index is -4.86. The zero-order chi connectivity index (χ0) is 49.1. The van der Waals surface area contributed by atoms with Gasteiger partial charge in [-0.3, -0.25) is 47.4 Å². The highest BCUT2D eigenvalue weighted by Crippen LogP contribution is 2.56. The number of aliphatic hydroxyl groups excluding tert-OH is 1. The van der Waals surface area contributed by atoms with E-state index in [0.717, 1.165) is 0 Å². The summed E-state index contributed by atoms with van der Waals surface area (Å²) in [5.41, 5.74) is -0.205. The molecule has 2 aliphatic heterocycles. The van der Waals surface area contributed by atoms with Crippen molar-refractivity contribution in [1.82, 2.24) is 39.0 Å². The zero-order valence-corrected chi connectivity index (χ0v) is 40.8. The molecule has 2 unspecified atom stereocenters. The summed E-state index contributed by atoms with van der Waals surface area (Å²) in [6, 6.07) is 10.3. The van der Waals surface area contributed by atoms with Gasteiger partial charge in [-0.15, -0.1) is 9.42 Å². The topological polar surface area (TPSA) is 328 Å². The molecular weight excluding hydrogens is 949 g/mol. The Morgan fingerprint density at radius 2 is 1.74 bits per heavy atom. The van der Waals surface area contributed by atoms with Gasteiger partial charge in [-0.05, 0) is 30.3 Å². The zero-order valence-electron chi connectivity index (χ0n) is 38.0. The van der Waals surface area contributed by atoms with Crippen LogP contribution in [0.25, 0.3) is 22.3 Å². The molecule has 25 nitrogen and oxygen atoms in total. The summed E-state index contributed by atoms with van der Waals surface area (Å²) in [6.45, 7) is 11.6. The number of anilines is 2. The van der Waals surface area contributed by atoms with Gasteiger partial charge < -0.3 is 24.3 Å². The van der Waals surface area contributed by atoms with Crippen LogP contribution in [0, 0.1) is 17.2 Å². The number of rotatable bonds is 19. The molecule has 28 heteroatoms. The Kier molecular flexibility index (Phi) is 15.5. The number of carbonyl (C=O) groups is 2. The molecule has 2 amide bonds. The van der Waals surface area contributed by atoms with Crippen molar-refractivity contribution in [2.45, 2.75) is 109 Å². The number of phosphoric acid groups is 1. The first-order chi connectivity index (χ1) is 32.2. The number of hydrogen-bond donors (Lipinski definition) is 5. The van der Waals surface area contributed by atoms with E-state index in [2.05, 4.69) is 40.5 Å². The predicted molar refractivity (Wildman–Crippen MR) is 242 cm³/mol. The number of nitriles is 1. The first kappa shape index (κ1) is 50.6. The summed E-state index contributed by atoms with van der Waals surface area (Å²) in [6.07, 6.45) is -5.04. The lowest BCUT2D eigenvalue weighted by atomic mass is 10.1. The molecule has 0 aliphatic carbocycles. The van der Waals surface area contributed by atoms with Gasteiger partial charge in [-0.25, -0.2) is 24.5 Å². The maximum atomic E-state index is 15.0. The minimum Gasteiger partial charge on any atom is -0.408 e. The second kappa shape index (κ2) is 20.8. The second-order valence-corrected chi connectivity index (χ2v) is 24.7. The standard InChI is InChI=1S/C40H51N11O14P2Si/c1-22(2)34(53)48-39-47-33-28(36(55)49-39)45-21-51(33)38-30(29(26(17-52)62-38)65-68(6,7)40(3,4)5)64-67(58,59-15-11-14-41)60-18-24-16-25(63-66(56)57)37(61-24)50-20-44-27-31(42-19-43-32(27)50)46-35(54)23-12-9-8-10-13-23/h8-10,12-13,19-22,24-26,29-30,37-38,52H,11,15-18H2,1-7H3,(H3-,42,43,46,47,48,49,53,54,55,56,57)/p+1/t24-,25+,26+,29+,30+,37+,38+,67?/m0/s1. The number of hydrogen-bond acceptors (Lipinski definition) is 19. The molecule has 2 fully saturated rings. The fraction of sp³-hybridized carbons (Fsp3) is 0.525. The van der Waals surface area contributed by atoms with Crippen molar-refractivity contribution < 1.29 is 60.7 Å². The van der Waals surface area contributed by atoms with Crippen molar-refractivity contribution in [2.24, 2.45) is 5.92 Å². The highest BCUT2D eigenvalue weighted by atomic mass is 31.2. The molecule has 68 heavy (non-hydrogen) atoms. The third-order valence-corrected chi connectivity index (χ3v) is 18.0. The molecule has 4 aromatic heterocycles. The van der Waals surface area contributed by atoms with Crippen molar-refractivity contribution in [3.8, 4) is 6.07 Å². The third kappa shape index (κ3) is 11.1. The highest BCUT2D eigenvalue weighted by molar-refractivity contribution is 7.48. The Bertz CT molecular complexity index is 2800. The highest BCUT2D eigenvalue weighted by Gasteiger charge is 2.55. The summed E-state index contributed by atoms with van der Waals surface area (Å²) < 4.78 is 72.9. The fourth-order valence-corrected chi connectivity index (χ4v) is 10.2. The number of H-pyrrole nitrogens is 1. The number of aromatic nitrogens is 8. The molecule has 7 rings (SSSR count). The molecular formula is C40H52N11O14P2Si+. The summed E-state index contributed by atoms with van der Waals surface area (Å²) in [5.74, 6) is -1.45. The van der Waals surface area contributed by atoms with Crippen LogP contribution in [0.4, 0.5) is 11.8 Å². The SMILES string of the molecule is CC(C)C(=O)Nc1nc2c(ncn2[C@@H]2O[C@H](CO)[C@@H](O[Si](C)(C)C(C)(C)C)[C@H]2OP(=O)(OCCC#N)OC[C@@H]2C[C@@H](O[P+](=O)O)[C@H](n3cnc4c(NC(=O)c5ccccc5)ncnc43)O2)c(=O)[nH]1. The number of ether oxygens (including phenoxy) is 2. The number of benzene rings is 1. The second-order valence-electron chi connectivity index (χ2n) is 17.7. The first-order valence-electron chi connectivity index (χ1n) is 21.4. The van der Waals surface area contributed by atoms with Crippen LogP contribution in [-0.4, -0.2) is 120 Å². The van der Waals surface area contributed by atoms with Crippen molar-refractivity contribution in [3.63, 3.8) is 0 Å². The number of fused-ring (bicyclic) bond motifs is 2. The lowest BCUT2D eigenvalue weighted by Gasteiger charge is -2.40. The van der Waals surface area contributed by atoms with Crippen LogP contribution in [-0.2, 0) is 45.9 Å². The number of phosphoric ester groups is 1. The summed E-state index contributed by atoms with van der Waals surface area (Å²) in [7, 11) is -10.8. The van der Waals surface area contributed by atoms with Crippen LogP contribution in [0.5, 0.6) is 0 Å².